The van der Waals surface area contributed by atoms with Crippen LogP contribution in [0.2, 0.25) is 0 Å². The molecule has 0 bridgehead atoms. The van der Waals surface area contributed by atoms with Gasteiger partial charge >= 0.3 is 0 Å². The Morgan fingerprint density at radius 3 is 2.76 bits per heavy atom. The molecule has 2 aliphatic heterocycles. The molecule has 1 fully saturated rings. The quantitative estimate of drug-likeness (QED) is 0.676. The van der Waals surface area contributed by atoms with Gasteiger partial charge in [0.05, 0.1) is 6.54 Å². The third kappa shape index (κ3) is 3.29. The van der Waals surface area contributed by atoms with Crippen molar-refractivity contribution in [1.29, 1.82) is 0 Å². The maximum absolute atomic E-state index is 4.83. The number of hydrogen-bond donors (Lipinski definition) is 0. The van der Waals surface area contributed by atoms with Gasteiger partial charge in [-0.05, 0) is 38.4 Å². The Morgan fingerprint density at radius 2 is 1.97 bits per heavy atom. The van der Waals surface area contributed by atoms with Gasteiger partial charge in [0.2, 0.25) is 0 Å². The molecule has 1 saturated heterocycles. The molecule has 8 nitrogen and oxygen atoms in total. The first-order valence-corrected chi connectivity index (χ1v) is 10.6. The number of aryl methyl sites for hydroxylation is 1. The minimum absolute atomic E-state index is 0.0912. The lowest BCUT2D eigenvalue weighted by molar-refractivity contribution is 0.189. The highest BCUT2D eigenvalue weighted by Gasteiger charge is 2.32. The minimum Gasteiger partial charge on any atom is -0.352 e. The molecule has 0 aromatic carbocycles. The lowest BCUT2D eigenvalue weighted by atomic mass is 9.96. The minimum atomic E-state index is -0.0912. The first kappa shape index (κ1) is 18.5. The molecule has 5 rings (SSSR count). The Kier molecular flexibility index (Phi) is 4.34. The first-order valence-electron chi connectivity index (χ1n) is 10.6. The molecular formula is C21H30N8. The second-order valence-electron chi connectivity index (χ2n) is 9.48. The van der Waals surface area contributed by atoms with Crippen molar-refractivity contribution in [3.63, 3.8) is 0 Å². The maximum atomic E-state index is 4.83. The molecule has 0 unspecified atom stereocenters. The Morgan fingerprint density at radius 1 is 1.14 bits per heavy atom. The van der Waals surface area contributed by atoms with Crippen LogP contribution in [-0.2, 0) is 24.9 Å². The molecule has 29 heavy (non-hydrogen) atoms. The SMILES string of the molecule is CN(Cc1ncc2n1CCCC2)C1CN(c2ccc3nnc(C(C)(C)C)n3n2)C1. The lowest BCUT2D eigenvalue weighted by Gasteiger charge is -2.44. The van der Waals surface area contributed by atoms with Gasteiger partial charge in [-0.1, -0.05) is 20.8 Å². The maximum Gasteiger partial charge on any atom is 0.178 e. The van der Waals surface area contributed by atoms with Crippen molar-refractivity contribution in [2.24, 2.45) is 0 Å². The molecule has 0 atom stereocenters. The van der Waals surface area contributed by atoms with Crippen LogP contribution in [0, 0.1) is 0 Å². The summed E-state index contributed by atoms with van der Waals surface area (Å²) in [5.74, 6) is 3.10. The molecule has 0 saturated carbocycles. The van der Waals surface area contributed by atoms with Crippen LogP contribution in [0.3, 0.4) is 0 Å². The van der Waals surface area contributed by atoms with Crippen LogP contribution < -0.4 is 4.90 Å². The van der Waals surface area contributed by atoms with Gasteiger partial charge in [0.1, 0.15) is 11.6 Å². The molecule has 0 N–H and O–H groups in total. The van der Waals surface area contributed by atoms with Crippen molar-refractivity contribution in [2.45, 2.75) is 64.6 Å². The average molecular weight is 395 g/mol. The summed E-state index contributed by atoms with van der Waals surface area (Å²) in [4.78, 5) is 9.45. The number of nitrogens with zero attached hydrogens (tertiary/aromatic N) is 8. The summed E-state index contributed by atoms with van der Waals surface area (Å²) in [6, 6.07) is 4.59. The summed E-state index contributed by atoms with van der Waals surface area (Å²) in [6.45, 7) is 10.4. The van der Waals surface area contributed by atoms with E-state index in [0.717, 1.165) is 43.5 Å². The fourth-order valence-corrected chi connectivity index (χ4v) is 4.32. The van der Waals surface area contributed by atoms with Crippen LogP contribution in [0.25, 0.3) is 5.65 Å². The van der Waals surface area contributed by atoms with Crippen molar-refractivity contribution in [3.8, 4) is 0 Å². The summed E-state index contributed by atoms with van der Waals surface area (Å²) in [6.07, 6.45) is 5.80. The van der Waals surface area contributed by atoms with E-state index in [1.54, 1.807) is 0 Å². The largest absolute Gasteiger partial charge is 0.352 e. The zero-order valence-corrected chi connectivity index (χ0v) is 17.8. The molecule has 3 aromatic rings. The molecule has 0 radical (unpaired) electrons. The molecule has 154 valence electrons. The Bertz CT molecular complexity index is 1020. The van der Waals surface area contributed by atoms with Gasteiger partial charge in [0, 0.05) is 43.0 Å². The molecule has 3 aromatic heterocycles. The normalized spacial score (nSPS) is 17.8. The van der Waals surface area contributed by atoms with E-state index >= 15 is 0 Å². The molecule has 0 aliphatic carbocycles. The van der Waals surface area contributed by atoms with Crippen LogP contribution in [0.15, 0.2) is 18.3 Å². The third-order valence-corrected chi connectivity index (χ3v) is 6.21. The van der Waals surface area contributed by atoms with Crippen molar-refractivity contribution < 1.29 is 0 Å². The Balaban J connectivity index is 1.26. The van der Waals surface area contributed by atoms with E-state index in [2.05, 4.69) is 64.6 Å². The lowest BCUT2D eigenvalue weighted by Crippen LogP contribution is -2.58. The highest BCUT2D eigenvalue weighted by atomic mass is 15.4. The van der Waals surface area contributed by atoms with E-state index in [-0.39, 0.29) is 5.41 Å². The molecular weight excluding hydrogens is 364 g/mol. The number of fused-ring (bicyclic) bond motifs is 2. The zero-order valence-electron chi connectivity index (χ0n) is 17.8. The number of imidazole rings is 1. The van der Waals surface area contributed by atoms with Gasteiger partial charge in [-0.2, -0.15) is 4.52 Å². The van der Waals surface area contributed by atoms with E-state index < -0.39 is 0 Å². The van der Waals surface area contributed by atoms with E-state index in [0.29, 0.717) is 6.04 Å². The zero-order chi connectivity index (χ0) is 20.2. The van der Waals surface area contributed by atoms with Gasteiger partial charge in [0.15, 0.2) is 11.5 Å². The molecule has 8 heteroatoms. The fraction of sp³-hybridized carbons (Fsp3) is 0.619. The highest BCUT2D eigenvalue weighted by molar-refractivity contribution is 5.48. The summed E-state index contributed by atoms with van der Waals surface area (Å²) in [5, 5.41) is 13.4. The van der Waals surface area contributed by atoms with Gasteiger partial charge in [0.25, 0.3) is 0 Å². The van der Waals surface area contributed by atoms with Crippen LogP contribution >= 0.6 is 0 Å². The summed E-state index contributed by atoms with van der Waals surface area (Å²) in [7, 11) is 2.21. The van der Waals surface area contributed by atoms with E-state index in [9.17, 15) is 0 Å². The van der Waals surface area contributed by atoms with E-state index in [1.807, 2.05) is 10.6 Å². The Labute approximate surface area is 171 Å². The van der Waals surface area contributed by atoms with E-state index in [4.69, 9.17) is 10.1 Å². The topological polar surface area (TPSA) is 67.4 Å². The second kappa shape index (κ2) is 6.79. The highest BCUT2D eigenvalue weighted by Crippen LogP contribution is 2.25. The molecule has 5 heterocycles. The van der Waals surface area contributed by atoms with Gasteiger partial charge in [-0.25, -0.2) is 4.98 Å². The van der Waals surface area contributed by atoms with Crippen molar-refractivity contribution in [2.75, 3.05) is 25.0 Å². The third-order valence-electron chi connectivity index (χ3n) is 6.21. The second-order valence-corrected chi connectivity index (χ2v) is 9.48. The smallest absolute Gasteiger partial charge is 0.178 e. The van der Waals surface area contributed by atoms with Crippen LogP contribution in [0.1, 0.15) is 51.0 Å². The standard InChI is InChI=1S/C21H30N8/c1-21(2,3)20-24-23-17-8-9-18(25-29(17)20)27-12-16(13-27)26(4)14-19-22-11-15-7-5-6-10-28(15)19/h8-9,11,16H,5-7,10,12-14H2,1-4H3. The van der Waals surface area contributed by atoms with E-state index in [1.165, 1.54) is 30.8 Å². The number of hydrogen-bond acceptors (Lipinski definition) is 6. The number of aromatic nitrogens is 6. The molecule has 0 spiro atoms. The average Bonchev–Trinajstić information content (AvgIpc) is 3.24. The molecule has 0 amide bonds. The van der Waals surface area contributed by atoms with Crippen molar-refractivity contribution >= 4 is 11.5 Å². The fourth-order valence-electron chi connectivity index (χ4n) is 4.32. The van der Waals surface area contributed by atoms with Crippen molar-refractivity contribution in [3.05, 3.63) is 35.7 Å². The number of anilines is 1. The predicted molar refractivity (Wildman–Crippen MR) is 112 cm³/mol. The van der Waals surface area contributed by atoms with Crippen LogP contribution in [0.5, 0.6) is 0 Å². The summed E-state index contributed by atoms with van der Waals surface area (Å²) >= 11 is 0. The first-order chi connectivity index (χ1) is 13.9. The summed E-state index contributed by atoms with van der Waals surface area (Å²) < 4.78 is 4.31. The van der Waals surface area contributed by atoms with Gasteiger partial charge in [-0.3, -0.25) is 4.90 Å². The van der Waals surface area contributed by atoms with Gasteiger partial charge in [-0.15, -0.1) is 15.3 Å². The van der Waals surface area contributed by atoms with Crippen LogP contribution in [0.4, 0.5) is 5.82 Å². The number of likely N-dealkylation sites (N-methyl/N-ethyl adjacent to an activating group) is 1. The Hall–Kier alpha value is -2.48. The monoisotopic (exact) mass is 394 g/mol. The summed E-state index contributed by atoms with van der Waals surface area (Å²) in [5.41, 5.74) is 2.11. The van der Waals surface area contributed by atoms with Gasteiger partial charge < -0.3 is 9.47 Å². The number of rotatable bonds is 4. The molecule has 2 aliphatic rings. The predicted octanol–water partition coefficient (Wildman–Crippen LogP) is 2.28. The van der Waals surface area contributed by atoms with Crippen molar-refractivity contribution in [1.82, 2.24) is 34.3 Å². The van der Waals surface area contributed by atoms with Crippen LogP contribution in [-0.4, -0.2) is 60.4 Å².